The number of hydrogen-bond donors (Lipinski definition) is 1. The molecule has 0 bridgehead atoms. The summed E-state index contributed by atoms with van der Waals surface area (Å²) >= 11 is 0. The average Bonchev–Trinajstić information content (AvgIpc) is 2.77. The monoisotopic (exact) mass is 423 g/mol. The molecular weight excluding hydrogens is 389 g/mol. The van der Waals surface area contributed by atoms with Crippen molar-refractivity contribution in [3.8, 4) is 0 Å². The fourth-order valence-electron chi connectivity index (χ4n) is 3.90. The van der Waals surface area contributed by atoms with Gasteiger partial charge in [0.05, 0.1) is 32.0 Å². The average molecular weight is 424 g/mol. The van der Waals surface area contributed by atoms with E-state index >= 15 is 0 Å². The predicted octanol–water partition coefficient (Wildman–Crippen LogP) is 1.07. The summed E-state index contributed by atoms with van der Waals surface area (Å²) < 4.78 is 25.0. The van der Waals surface area contributed by atoms with Crippen LogP contribution >= 0.6 is 0 Å². The quantitative estimate of drug-likeness (QED) is 0.641. The van der Waals surface area contributed by atoms with Gasteiger partial charge in [-0.25, -0.2) is 4.39 Å². The minimum absolute atomic E-state index is 0.134. The highest BCUT2D eigenvalue weighted by atomic mass is 19.1. The van der Waals surface area contributed by atoms with Gasteiger partial charge in [0.15, 0.2) is 0 Å². The lowest BCUT2D eigenvalue weighted by Gasteiger charge is -2.37. The Balaban J connectivity index is 1.64. The summed E-state index contributed by atoms with van der Waals surface area (Å²) in [5.74, 6) is -0.598. The number of β-amino-alcohol motifs (C(OH)–C–C–N with tert-alkyl or cyclic N) is 1. The second-order valence-corrected chi connectivity index (χ2v) is 8.03. The molecule has 1 aromatic carbocycles. The van der Waals surface area contributed by atoms with Crippen LogP contribution in [0, 0.1) is 5.82 Å². The van der Waals surface area contributed by atoms with Crippen molar-refractivity contribution in [1.82, 2.24) is 14.7 Å². The van der Waals surface area contributed by atoms with Gasteiger partial charge < -0.3 is 19.5 Å². The molecule has 1 N–H and O–H groups in total. The number of carbonyl (C=O) groups excluding carboxylic acids is 1. The molecule has 0 spiro atoms. The first-order valence-corrected chi connectivity index (χ1v) is 10.9. The van der Waals surface area contributed by atoms with E-state index in [0.29, 0.717) is 58.0 Å². The summed E-state index contributed by atoms with van der Waals surface area (Å²) in [6.07, 6.45) is 0.228. The third-order valence-electron chi connectivity index (χ3n) is 5.74. The molecule has 0 aromatic heterocycles. The van der Waals surface area contributed by atoms with Gasteiger partial charge in [0, 0.05) is 57.9 Å². The summed E-state index contributed by atoms with van der Waals surface area (Å²) in [5.41, 5.74) is 0.353. The molecule has 2 aliphatic heterocycles. The molecule has 2 aliphatic rings. The number of amides is 1. The van der Waals surface area contributed by atoms with Gasteiger partial charge in [-0.2, -0.15) is 0 Å². The van der Waals surface area contributed by atoms with Crippen LogP contribution in [0.15, 0.2) is 24.3 Å². The van der Waals surface area contributed by atoms with E-state index in [0.717, 1.165) is 26.2 Å². The second-order valence-electron chi connectivity index (χ2n) is 8.03. The maximum atomic E-state index is 13.7. The maximum absolute atomic E-state index is 13.7. The molecule has 1 amide bonds. The molecule has 2 saturated heterocycles. The zero-order valence-corrected chi connectivity index (χ0v) is 17.8. The fraction of sp³-hybridized carbons (Fsp3) is 0.682. The van der Waals surface area contributed by atoms with Crippen molar-refractivity contribution in [1.29, 1.82) is 0 Å². The second kappa shape index (κ2) is 11.7. The minimum atomic E-state index is -0.414. The first-order valence-electron chi connectivity index (χ1n) is 10.9. The summed E-state index contributed by atoms with van der Waals surface area (Å²) in [6.45, 7) is 9.45. The number of halogens is 1. The fourth-order valence-corrected chi connectivity index (χ4v) is 3.90. The number of rotatable bonds is 9. The number of benzene rings is 1. The van der Waals surface area contributed by atoms with Gasteiger partial charge >= 0.3 is 0 Å². The standard InChI is InChI=1S/C22H34FN3O4/c1-2-20(27)15-25-10-13-30-21(16-25)17-26(7-6-24-8-11-29-12-9-24)22(28)18-4-3-5-19(23)14-18/h3-5,14,20-21,27H,2,6-13,15-17H2,1H3. The zero-order valence-electron chi connectivity index (χ0n) is 17.8. The van der Waals surface area contributed by atoms with Crippen LogP contribution in [-0.4, -0.2) is 110 Å². The Labute approximate surface area is 178 Å². The maximum Gasteiger partial charge on any atom is 0.254 e. The molecule has 2 heterocycles. The topological polar surface area (TPSA) is 65.5 Å². The van der Waals surface area contributed by atoms with Gasteiger partial charge in [0.2, 0.25) is 0 Å². The minimum Gasteiger partial charge on any atom is -0.392 e. The summed E-state index contributed by atoms with van der Waals surface area (Å²) in [7, 11) is 0. The van der Waals surface area contributed by atoms with Crippen molar-refractivity contribution >= 4 is 5.91 Å². The SMILES string of the molecule is CCC(O)CN1CCOC(CN(CCN2CCOCC2)C(=O)c2cccc(F)c2)C1. The number of nitrogens with zero attached hydrogens (tertiary/aromatic N) is 3. The molecule has 7 nitrogen and oxygen atoms in total. The van der Waals surface area contributed by atoms with Crippen molar-refractivity contribution < 1.29 is 23.8 Å². The molecule has 0 saturated carbocycles. The van der Waals surface area contributed by atoms with Crippen LogP contribution in [0.5, 0.6) is 0 Å². The van der Waals surface area contributed by atoms with E-state index in [4.69, 9.17) is 9.47 Å². The molecule has 2 unspecified atom stereocenters. The van der Waals surface area contributed by atoms with Gasteiger partial charge in [-0.1, -0.05) is 13.0 Å². The number of aliphatic hydroxyl groups excluding tert-OH is 1. The van der Waals surface area contributed by atoms with Gasteiger partial charge in [-0.15, -0.1) is 0 Å². The summed E-state index contributed by atoms with van der Waals surface area (Å²) in [4.78, 5) is 19.4. The molecule has 2 atom stereocenters. The summed E-state index contributed by atoms with van der Waals surface area (Å²) in [6, 6.07) is 5.85. The van der Waals surface area contributed by atoms with Crippen LogP contribution < -0.4 is 0 Å². The third-order valence-corrected chi connectivity index (χ3v) is 5.74. The Hall–Kier alpha value is -1.58. The van der Waals surface area contributed by atoms with E-state index in [1.165, 1.54) is 12.1 Å². The predicted molar refractivity (Wildman–Crippen MR) is 112 cm³/mol. The van der Waals surface area contributed by atoms with Crippen LogP contribution in [0.1, 0.15) is 23.7 Å². The molecule has 3 rings (SSSR count). The van der Waals surface area contributed by atoms with Crippen molar-refractivity contribution in [2.45, 2.75) is 25.6 Å². The highest BCUT2D eigenvalue weighted by Crippen LogP contribution is 2.13. The van der Waals surface area contributed by atoms with Crippen LogP contribution in [0.2, 0.25) is 0 Å². The van der Waals surface area contributed by atoms with Crippen LogP contribution in [0.25, 0.3) is 0 Å². The molecule has 1 aromatic rings. The lowest BCUT2D eigenvalue weighted by molar-refractivity contribution is -0.0516. The van der Waals surface area contributed by atoms with E-state index in [9.17, 15) is 14.3 Å². The van der Waals surface area contributed by atoms with Crippen molar-refractivity contribution in [3.05, 3.63) is 35.6 Å². The van der Waals surface area contributed by atoms with Gasteiger partial charge in [0.25, 0.3) is 5.91 Å². The van der Waals surface area contributed by atoms with Gasteiger partial charge in [0.1, 0.15) is 5.82 Å². The number of hydrogen-bond acceptors (Lipinski definition) is 6. The number of morpholine rings is 2. The van der Waals surface area contributed by atoms with Crippen LogP contribution in [0.4, 0.5) is 4.39 Å². The van der Waals surface area contributed by atoms with E-state index < -0.39 is 5.82 Å². The number of aliphatic hydroxyl groups is 1. The highest BCUT2D eigenvalue weighted by Gasteiger charge is 2.27. The van der Waals surface area contributed by atoms with Crippen LogP contribution in [-0.2, 0) is 9.47 Å². The number of ether oxygens (including phenoxy) is 2. The molecule has 0 aliphatic carbocycles. The Morgan fingerprint density at radius 2 is 2.03 bits per heavy atom. The lowest BCUT2D eigenvalue weighted by Crippen LogP contribution is -2.51. The Morgan fingerprint density at radius 3 is 2.77 bits per heavy atom. The van der Waals surface area contributed by atoms with Gasteiger partial charge in [-0.3, -0.25) is 14.6 Å². The van der Waals surface area contributed by atoms with E-state index in [1.54, 1.807) is 17.0 Å². The molecule has 2 fully saturated rings. The Kier molecular flexibility index (Phi) is 9.02. The zero-order chi connectivity index (χ0) is 21.3. The van der Waals surface area contributed by atoms with Crippen molar-refractivity contribution in [2.75, 3.05) is 72.2 Å². The van der Waals surface area contributed by atoms with E-state index in [-0.39, 0.29) is 18.1 Å². The van der Waals surface area contributed by atoms with Crippen molar-refractivity contribution in [3.63, 3.8) is 0 Å². The molecule has 0 radical (unpaired) electrons. The van der Waals surface area contributed by atoms with Gasteiger partial charge in [-0.05, 0) is 24.6 Å². The first kappa shape index (κ1) is 23.1. The molecular formula is C22H34FN3O4. The molecule has 30 heavy (non-hydrogen) atoms. The normalized spacial score (nSPS) is 22.0. The number of carbonyl (C=O) groups is 1. The first-order chi connectivity index (χ1) is 14.5. The molecule has 168 valence electrons. The Morgan fingerprint density at radius 1 is 1.27 bits per heavy atom. The lowest BCUT2D eigenvalue weighted by atomic mass is 10.1. The van der Waals surface area contributed by atoms with E-state index in [2.05, 4.69) is 9.80 Å². The largest absolute Gasteiger partial charge is 0.392 e. The van der Waals surface area contributed by atoms with Crippen molar-refractivity contribution in [2.24, 2.45) is 0 Å². The van der Waals surface area contributed by atoms with Crippen LogP contribution in [0.3, 0.4) is 0 Å². The smallest absolute Gasteiger partial charge is 0.254 e. The van der Waals surface area contributed by atoms with E-state index in [1.807, 2.05) is 6.92 Å². The molecule has 8 heteroatoms. The Bertz CT molecular complexity index is 672. The third kappa shape index (κ3) is 6.99. The summed E-state index contributed by atoms with van der Waals surface area (Å²) in [5, 5.41) is 9.97. The highest BCUT2D eigenvalue weighted by molar-refractivity contribution is 5.94.